The third-order valence-corrected chi connectivity index (χ3v) is 5.51. The first-order valence-corrected chi connectivity index (χ1v) is 9.32. The molecule has 4 rings (SSSR count). The van der Waals surface area contributed by atoms with E-state index in [4.69, 9.17) is 4.98 Å². The van der Waals surface area contributed by atoms with Crippen LogP contribution < -0.4 is 5.32 Å². The highest BCUT2D eigenvalue weighted by molar-refractivity contribution is 7.15. The second kappa shape index (κ2) is 5.91. The van der Waals surface area contributed by atoms with Crippen molar-refractivity contribution in [3.63, 3.8) is 0 Å². The number of hydrogen-bond donors (Lipinski definition) is 1. The number of nitrogens with one attached hydrogen (secondary N) is 1. The van der Waals surface area contributed by atoms with Gasteiger partial charge in [-0.1, -0.05) is 44.2 Å². The van der Waals surface area contributed by atoms with Crippen LogP contribution in [0.2, 0.25) is 0 Å². The zero-order valence-electron chi connectivity index (χ0n) is 14.6. The van der Waals surface area contributed by atoms with Gasteiger partial charge in [0.15, 0.2) is 0 Å². The summed E-state index contributed by atoms with van der Waals surface area (Å²) in [6, 6.07) is 7.97. The van der Waals surface area contributed by atoms with Gasteiger partial charge in [0.25, 0.3) is 0 Å². The van der Waals surface area contributed by atoms with Gasteiger partial charge in [-0.05, 0) is 25.0 Å². The quantitative estimate of drug-likeness (QED) is 0.774. The van der Waals surface area contributed by atoms with Crippen molar-refractivity contribution < 1.29 is 4.79 Å². The Morgan fingerprint density at radius 1 is 1.28 bits per heavy atom. The van der Waals surface area contributed by atoms with E-state index in [1.165, 1.54) is 11.3 Å². The van der Waals surface area contributed by atoms with E-state index in [-0.39, 0.29) is 17.9 Å². The van der Waals surface area contributed by atoms with Crippen molar-refractivity contribution in [2.45, 2.75) is 51.5 Å². The number of aromatic nitrogens is 4. The number of carbonyl (C=O) groups is 1. The molecule has 2 aromatic heterocycles. The number of hydrogen-bond acceptors (Lipinski definition) is 5. The number of rotatable bonds is 4. The Morgan fingerprint density at radius 2 is 2.04 bits per heavy atom. The van der Waals surface area contributed by atoms with Crippen molar-refractivity contribution in [1.82, 2.24) is 19.7 Å². The van der Waals surface area contributed by atoms with Crippen molar-refractivity contribution in [2.75, 3.05) is 5.32 Å². The fraction of sp³-hybridized carbons (Fsp3) is 0.444. The summed E-state index contributed by atoms with van der Waals surface area (Å²) in [5.41, 5.74) is 1.88. The average molecular weight is 355 g/mol. The molecule has 1 aliphatic rings. The second-order valence-electron chi connectivity index (χ2n) is 7.53. The molecular formula is C18H21N5OS. The first-order valence-electron chi connectivity index (χ1n) is 8.51. The van der Waals surface area contributed by atoms with Crippen LogP contribution >= 0.6 is 11.3 Å². The van der Waals surface area contributed by atoms with Gasteiger partial charge in [-0.3, -0.25) is 10.1 Å². The SMILES string of the molecule is CC(C)(C)c1nnc(NC(=O)Cn2c(C3CC3)nc3ccccc32)s1. The number of nitrogens with zero attached hydrogens (tertiary/aromatic N) is 4. The highest BCUT2D eigenvalue weighted by Crippen LogP contribution is 2.40. The Bertz CT molecular complexity index is 932. The lowest BCUT2D eigenvalue weighted by atomic mass is 9.98. The third-order valence-electron chi connectivity index (χ3n) is 4.24. The maximum atomic E-state index is 12.6. The summed E-state index contributed by atoms with van der Waals surface area (Å²) < 4.78 is 2.04. The maximum absolute atomic E-state index is 12.6. The van der Waals surface area contributed by atoms with Crippen molar-refractivity contribution in [1.29, 1.82) is 0 Å². The summed E-state index contributed by atoms with van der Waals surface area (Å²) in [5.74, 6) is 1.40. The molecule has 0 radical (unpaired) electrons. The number of para-hydroxylation sites is 2. The highest BCUT2D eigenvalue weighted by Gasteiger charge is 2.30. The Kier molecular flexibility index (Phi) is 3.83. The summed E-state index contributed by atoms with van der Waals surface area (Å²) in [4.78, 5) is 17.3. The Hall–Kier alpha value is -2.28. The molecule has 0 saturated heterocycles. The summed E-state index contributed by atoms with van der Waals surface area (Å²) in [7, 11) is 0. The van der Waals surface area contributed by atoms with Crippen LogP contribution in [0.25, 0.3) is 11.0 Å². The van der Waals surface area contributed by atoms with Crippen LogP contribution in [0.4, 0.5) is 5.13 Å². The lowest BCUT2D eigenvalue weighted by Gasteiger charge is -2.12. The van der Waals surface area contributed by atoms with Gasteiger partial charge in [0, 0.05) is 11.3 Å². The number of anilines is 1. The fourth-order valence-electron chi connectivity index (χ4n) is 2.79. The van der Waals surface area contributed by atoms with E-state index >= 15 is 0 Å². The van der Waals surface area contributed by atoms with Gasteiger partial charge in [0.05, 0.1) is 11.0 Å². The minimum Gasteiger partial charge on any atom is -0.318 e. The van der Waals surface area contributed by atoms with Gasteiger partial charge in [0.1, 0.15) is 17.4 Å². The fourth-order valence-corrected chi connectivity index (χ4v) is 3.61. The van der Waals surface area contributed by atoms with Crippen molar-refractivity contribution in [3.8, 4) is 0 Å². The Morgan fingerprint density at radius 3 is 2.72 bits per heavy atom. The smallest absolute Gasteiger partial charge is 0.246 e. The summed E-state index contributed by atoms with van der Waals surface area (Å²) >= 11 is 1.43. The largest absolute Gasteiger partial charge is 0.318 e. The molecule has 130 valence electrons. The molecule has 1 amide bonds. The topological polar surface area (TPSA) is 72.7 Å². The number of imidazole rings is 1. The number of fused-ring (bicyclic) bond motifs is 1. The molecule has 0 aliphatic heterocycles. The van der Waals surface area contributed by atoms with Crippen LogP contribution in [-0.2, 0) is 16.8 Å². The zero-order chi connectivity index (χ0) is 17.6. The highest BCUT2D eigenvalue weighted by atomic mass is 32.1. The monoisotopic (exact) mass is 355 g/mol. The predicted octanol–water partition coefficient (Wildman–Crippen LogP) is 3.70. The Labute approximate surface area is 150 Å². The van der Waals surface area contributed by atoms with E-state index in [1.807, 2.05) is 28.8 Å². The van der Waals surface area contributed by atoms with Crippen molar-refractivity contribution in [2.24, 2.45) is 0 Å². The second-order valence-corrected chi connectivity index (χ2v) is 8.51. The van der Waals surface area contributed by atoms with Crippen LogP contribution in [0.1, 0.15) is 50.4 Å². The standard InChI is InChI=1S/C18H21N5OS/c1-18(2,3)16-21-22-17(25-16)20-14(24)10-23-13-7-5-4-6-12(13)19-15(23)11-8-9-11/h4-7,11H,8-10H2,1-3H3,(H,20,22,24). The van der Waals surface area contributed by atoms with E-state index in [0.29, 0.717) is 11.0 Å². The molecule has 7 heteroatoms. The van der Waals surface area contributed by atoms with Crippen LogP contribution in [0.3, 0.4) is 0 Å². The van der Waals surface area contributed by atoms with E-state index in [0.717, 1.165) is 34.7 Å². The molecule has 25 heavy (non-hydrogen) atoms. The number of benzene rings is 1. The lowest BCUT2D eigenvalue weighted by molar-refractivity contribution is -0.116. The normalized spacial score (nSPS) is 14.8. The summed E-state index contributed by atoms with van der Waals surface area (Å²) in [6.07, 6.45) is 2.30. The minimum atomic E-state index is -0.0957. The van der Waals surface area contributed by atoms with E-state index in [2.05, 4.69) is 36.3 Å². The van der Waals surface area contributed by atoms with Crippen LogP contribution in [0.15, 0.2) is 24.3 Å². The average Bonchev–Trinajstić information content (AvgIpc) is 3.18. The molecule has 6 nitrogen and oxygen atoms in total. The van der Waals surface area contributed by atoms with Gasteiger partial charge in [-0.25, -0.2) is 4.98 Å². The first-order chi connectivity index (χ1) is 11.9. The van der Waals surface area contributed by atoms with E-state index < -0.39 is 0 Å². The van der Waals surface area contributed by atoms with Gasteiger partial charge in [0.2, 0.25) is 11.0 Å². The van der Waals surface area contributed by atoms with Gasteiger partial charge >= 0.3 is 0 Å². The molecule has 0 atom stereocenters. The van der Waals surface area contributed by atoms with Crippen LogP contribution in [0, 0.1) is 0 Å². The van der Waals surface area contributed by atoms with Gasteiger partial charge < -0.3 is 4.57 Å². The molecule has 1 saturated carbocycles. The van der Waals surface area contributed by atoms with Crippen molar-refractivity contribution in [3.05, 3.63) is 35.1 Å². The molecular weight excluding hydrogens is 334 g/mol. The molecule has 2 heterocycles. The zero-order valence-corrected chi connectivity index (χ0v) is 15.4. The predicted molar refractivity (Wildman–Crippen MR) is 98.9 cm³/mol. The molecule has 0 unspecified atom stereocenters. The number of carbonyl (C=O) groups excluding carboxylic acids is 1. The van der Waals surface area contributed by atoms with Gasteiger partial charge in [-0.2, -0.15) is 0 Å². The molecule has 1 aromatic carbocycles. The Balaban J connectivity index is 1.56. The maximum Gasteiger partial charge on any atom is 0.246 e. The third kappa shape index (κ3) is 3.28. The molecule has 1 fully saturated rings. The summed E-state index contributed by atoms with van der Waals surface area (Å²) in [6.45, 7) is 6.49. The van der Waals surface area contributed by atoms with Crippen molar-refractivity contribution >= 4 is 33.4 Å². The molecule has 1 aliphatic carbocycles. The van der Waals surface area contributed by atoms with E-state index in [9.17, 15) is 4.79 Å². The van der Waals surface area contributed by atoms with Crippen LogP contribution in [0.5, 0.6) is 0 Å². The minimum absolute atomic E-state index is 0.0691. The lowest BCUT2D eigenvalue weighted by Crippen LogP contribution is -2.20. The number of amides is 1. The molecule has 0 bridgehead atoms. The van der Waals surface area contributed by atoms with Crippen LogP contribution in [-0.4, -0.2) is 25.7 Å². The van der Waals surface area contributed by atoms with Gasteiger partial charge in [-0.15, -0.1) is 10.2 Å². The molecule has 3 aromatic rings. The van der Waals surface area contributed by atoms with E-state index in [1.54, 1.807) is 0 Å². The first kappa shape index (κ1) is 16.2. The molecule has 0 spiro atoms. The summed E-state index contributed by atoms with van der Waals surface area (Å²) in [5, 5.41) is 12.6. The molecule has 1 N–H and O–H groups in total.